The molecule has 110 valence electrons. The number of ether oxygens (including phenoxy) is 1. The average molecular weight is 272 g/mol. The van der Waals surface area contributed by atoms with Crippen LogP contribution in [0.4, 0.5) is 0 Å². The molecule has 1 aliphatic rings. The molecule has 1 fully saturated rings. The van der Waals surface area contributed by atoms with Crippen molar-refractivity contribution in [3.8, 4) is 0 Å². The Bertz CT molecular complexity index is 349. The van der Waals surface area contributed by atoms with E-state index in [1.807, 2.05) is 0 Å². The van der Waals surface area contributed by atoms with Gasteiger partial charge in [-0.2, -0.15) is 0 Å². The van der Waals surface area contributed by atoms with Crippen LogP contribution in [0, 0.1) is 5.41 Å². The molecular formula is C13H24N2O4. The average Bonchev–Trinajstić information content (AvgIpc) is 2.39. The van der Waals surface area contributed by atoms with Gasteiger partial charge in [-0.1, -0.05) is 0 Å². The van der Waals surface area contributed by atoms with Crippen molar-refractivity contribution in [2.75, 3.05) is 26.3 Å². The number of aliphatic carboxylic acids is 1. The van der Waals surface area contributed by atoms with E-state index in [1.165, 1.54) is 4.90 Å². The number of carboxylic acid groups (broad SMARTS) is 1. The van der Waals surface area contributed by atoms with Gasteiger partial charge in [0.05, 0.1) is 5.41 Å². The lowest BCUT2D eigenvalue weighted by molar-refractivity contribution is -0.164. The topological polar surface area (TPSA) is 92.9 Å². The maximum Gasteiger partial charge on any atom is 0.329 e. The fraction of sp³-hybridized carbons (Fsp3) is 0.846. The number of carbonyl (C=O) groups excluding carboxylic acids is 1. The molecule has 0 saturated carbocycles. The summed E-state index contributed by atoms with van der Waals surface area (Å²) in [6, 6.07) is 0. The summed E-state index contributed by atoms with van der Waals surface area (Å²) in [5, 5.41) is 9.30. The second kappa shape index (κ2) is 5.88. The van der Waals surface area contributed by atoms with E-state index in [0.29, 0.717) is 32.6 Å². The third-order valence-electron chi connectivity index (χ3n) is 4.05. The zero-order chi connectivity index (χ0) is 14.7. The summed E-state index contributed by atoms with van der Waals surface area (Å²) < 4.78 is 5.28. The van der Waals surface area contributed by atoms with Crippen LogP contribution in [0.15, 0.2) is 0 Å². The molecule has 0 unspecified atom stereocenters. The van der Waals surface area contributed by atoms with Crippen LogP contribution < -0.4 is 5.73 Å². The number of nitrogens with zero attached hydrogens (tertiary/aromatic N) is 1. The Kier molecular flexibility index (Phi) is 4.92. The molecule has 0 spiro atoms. The van der Waals surface area contributed by atoms with Crippen molar-refractivity contribution < 1.29 is 19.4 Å². The van der Waals surface area contributed by atoms with Crippen LogP contribution in [0.25, 0.3) is 0 Å². The predicted octanol–water partition coefficient (Wildman–Crippen LogP) is 0.454. The lowest BCUT2D eigenvalue weighted by atomic mass is 9.78. The zero-order valence-electron chi connectivity index (χ0n) is 11.9. The van der Waals surface area contributed by atoms with Crippen LogP contribution in [0.1, 0.15) is 33.6 Å². The Morgan fingerprint density at radius 3 is 2.26 bits per heavy atom. The largest absolute Gasteiger partial charge is 0.480 e. The van der Waals surface area contributed by atoms with Gasteiger partial charge in [-0.25, -0.2) is 4.79 Å². The second-order valence-corrected chi connectivity index (χ2v) is 5.51. The molecule has 6 heteroatoms. The van der Waals surface area contributed by atoms with Crippen LogP contribution in [0.5, 0.6) is 0 Å². The highest BCUT2D eigenvalue weighted by Gasteiger charge is 2.46. The number of likely N-dealkylation sites (N-methyl/N-ethyl adjacent to an activating group) is 1. The molecule has 1 amide bonds. The van der Waals surface area contributed by atoms with Gasteiger partial charge in [0, 0.05) is 26.3 Å². The first-order valence-corrected chi connectivity index (χ1v) is 6.65. The molecule has 1 heterocycles. The van der Waals surface area contributed by atoms with Gasteiger partial charge in [-0.05, 0) is 33.6 Å². The van der Waals surface area contributed by atoms with Gasteiger partial charge in [0.25, 0.3) is 0 Å². The van der Waals surface area contributed by atoms with Crippen LogP contribution in [-0.4, -0.2) is 53.7 Å². The molecule has 0 aromatic carbocycles. The number of nitrogens with two attached hydrogens (primary N) is 1. The summed E-state index contributed by atoms with van der Waals surface area (Å²) in [6.45, 7) is 6.43. The first kappa shape index (κ1) is 15.9. The molecule has 0 aliphatic carbocycles. The monoisotopic (exact) mass is 272 g/mol. The van der Waals surface area contributed by atoms with E-state index in [0.717, 1.165) is 0 Å². The number of carbonyl (C=O) groups is 2. The van der Waals surface area contributed by atoms with Crippen molar-refractivity contribution in [3.05, 3.63) is 0 Å². The van der Waals surface area contributed by atoms with E-state index in [1.54, 1.807) is 20.8 Å². The Morgan fingerprint density at radius 1 is 1.37 bits per heavy atom. The van der Waals surface area contributed by atoms with Gasteiger partial charge < -0.3 is 20.5 Å². The quantitative estimate of drug-likeness (QED) is 0.758. The van der Waals surface area contributed by atoms with Crippen molar-refractivity contribution >= 4 is 11.9 Å². The van der Waals surface area contributed by atoms with E-state index in [4.69, 9.17) is 10.5 Å². The van der Waals surface area contributed by atoms with Gasteiger partial charge in [-0.3, -0.25) is 4.79 Å². The zero-order valence-corrected chi connectivity index (χ0v) is 11.9. The summed E-state index contributed by atoms with van der Waals surface area (Å²) in [7, 11) is 0. The SMILES string of the molecule is CCN(C(=O)C1(CN)CCOCC1)C(C)(C)C(=O)O. The van der Waals surface area contributed by atoms with Crippen molar-refractivity contribution in [2.45, 2.75) is 39.2 Å². The fourth-order valence-corrected chi connectivity index (χ4v) is 2.46. The van der Waals surface area contributed by atoms with Crippen LogP contribution in [-0.2, 0) is 14.3 Å². The molecule has 6 nitrogen and oxygen atoms in total. The lowest BCUT2D eigenvalue weighted by Gasteiger charge is -2.43. The van der Waals surface area contributed by atoms with Gasteiger partial charge in [-0.15, -0.1) is 0 Å². The maximum absolute atomic E-state index is 12.8. The van der Waals surface area contributed by atoms with Crippen LogP contribution in [0.3, 0.4) is 0 Å². The van der Waals surface area contributed by atoms with Gasteiger partial charge >= 0.3 is 5.97 Å². The normalized spacial score (nSPS) is 18.9. The minimum Gasteiger partial charge on any atom is -0.480 e. The van der Waals surface area contributed by atoms with E-state index >= 15 is 0 Å². The number of hydrogen-bond acceptors (Lipinski definition) is 4. The Balaban J connectivity index is 3.03. The van der Waals surface area contributed by atoms with Crippen LogP contribution in [0.2, 0.25) is 0 Å². The highest BCUT2D eigenvalue weighted by atomic mass is 16.5. The third-order valence-corrected chi connectivity index (χ3v) is 4.05. The molecule has 1 rings (SSSR count). The van der Waals surface area contributed by atoms with Gasteiger partial charge in [0.15, 0.2) is 0 Å². The molecule has 0 radical (unpaired) electrons. The highest BCUT2D eigenvalue weighted by Crippen LogP contribution is 2.34. The Hall–Kier alpha value is -1.14. The number of hydrogen-bond donors (Lipinski definition) is 2. The molecule has 3 N–H and O–H groups in total. The molecule has 1 aliphatic heterocycles. The maximum atomic E-state index is 12.8. The van der Waals surface area contributed by atoms with Crippen LogP contribution >= 0.6 is 0 Å². The second-order valence-electron chi connectivity index (χ2n) is 5.51. The van der Waals surface area contributed by atoms with Gasteiger partial charge in [0.1, 0.15) is 5.54 Å². The van der Waals surface area contributed by atoms with E-state index < -0.39 is 16.9 Å². The Labute approximate surface area is 113 Å². The molecule has 1 saturated heterocycles. The number of amides is 1. The lowest BCUT2D eigenvalue weighted by Crippen LogP contribution is -2.59. The first-order chi connectivity index (χ1) is 8.81. The minimum absolute atomic E-state index is 0.173. The van der Waals surface area contributed by atoms with E-state index in [9.17, 15) is 14.7 Å². The summed E-state index contributed by atoms with van der Waals surface area (Å²) in [6.07, 6.45) is 1.10. The molecule has 0 bridgehead atoms. The molecule has 19 heavy (non-hydrogen) atoms. The number of rotatable bonds is 5. The van der Waals surface area contributed by atoms with Crippen molar-refractivity contribution in [1.29, 1.82) is 0 Å². The standard InChI is InChI=1S/C13H24N2O4/c1-4-15(12(2,3)11(17)18)10(16)13(9-14)5-7-19-8-6-13/h4-9,14H2,1-3H3,(H,17,18). The summed E-state index contributed by atoms with van der Waals surface area (Å²) in [5.41, 5.74) is 3.89. The Morgan fingerprint density at radius 2 is 1.89 bits per heavy atom. The summed E-state index contributed by atoms with van der Waals surface area (Å²) >= 11 is 0. The van der Waals surface area contributed by atoms with E-state index in [2.05, 4.69) is 0 Å². The van der Waals surface area contributed by atoms with Gasteiger partial charge in [0.2, 0.25) is 5.91 Å². The molecular weight excluding hydrogens is 248 g/mol. The van der Waals surface area contributed by atoms with Crippen molar-refractivity contribution in [2.24, 2.45) is 11.1 Å². The predicted molar refractivity (Wildman–Crippen MR) is 70.6 cm³/mol. The summed E-state index contributed by atoms with van der Waals surface area (Å²) in [5.74, 6) is -1.19. The first-order valence-electron chi connectivity index (χ1n) is 6.65. The smallest absolute Gasteiger partial charge is 0.329 e. The minimum atomic E-state index is -1.23. The fourth-order valence-electron chi connectivity index (χ4n) is 2.46. The number of carboxylic acids is 1. The van der Waals surface area contributed by atoms with Crippen molar-refractivity contribution in [1.82, 2.24) is 4.90 Å². The van der Waals surface area contributed by atoms with E-state index in [-0.39, 0.29) is 12.5 Å². The third kappa shape index (κ3) is 2.90. The molecule has 0 aromatic heterocycles. The summed E-state index contributed by atoms with van der Waals surface area (Å²) in [4.78, 5) is 25.5. The van der Waals surface area contributed by atoms with Crippen molar-refractivity contribution in [3.63, 3.8) is 0 Å². The molecule has 0 atom stereocenters. The highest BCUT2D eigenvalue weighted by molar-refractivity contribution is 5.89. The molecule has 0 aromatic rings.